The number of hydroxylamine groups is 1. The second-order valence-corrected chi connectivity index (χ2v) is 12.8. The van der Waals surface area contributed by atoms with Crippen LogP contribution < -0.4 is 21.5 Å². The highest BCUT2D eigenvalue weighted by atomic mass is 32.2. The van der Waals surface area contributed by atoms with Crippen LogP contribution in [-0.4, -0.2) is 83.5 Å². The molecule has 0 unspecified atom stereocenters. The van der Waals surface area contributed by atoms with E-state index in [2.05, 4.69) is 15.6 Å². The Hall–Kier alpha value is -2.42. The summed E-state index contributed by atoms with van der Waals surface area (Å²) in [5.41, 5.74) is 0.482. The molecule has 1 saturated carbocycles. The van der Waals surface area contributed by atoms with Crippen molar-refractivity contribution in [2.45, 2.75) is 64.3 Å². The van der Waals surface area contributed by atoms with Crippen molar-refractivity contribution in [3.05, 3.63) is 50.5 Å². The minimum Gasteiger partial charge on any atom is -0.382 e. The standard InChI is InChI=1S/C30H48N4O8S/c1-39-17-18-41-20-19-40-16-15-34(42-24-25-10-5-4-6-11-25)43(37,38)21-8-3-2-7-14-32-27-28(30(36)29(27)35)33-23-26-12-9-13-31-22-26/h9,12-13,22,25,32-33H,2-8,10-11,14-21,23-24H2,1H3. The lowest BCUT2D eigenvalue weighted by atomic mass is 9.90. The normalized spacial score (nSPS) is 14.5. The second kappa shape index (κ2) is 19.8. The zero-order valence-electron chi connectivity index (χ0n) is 25.4. The fourth-order valence-corrected chi connectivity index (χ4v) is 6.28. The number of unbranched alkanes of at least 4 members (excludes halogenated alkanes) is 3. The maximum atomic E-state index is 13.1. The molecule has 0 spiro atoms. The van der Waals surface area contributed by atoms with Gasteiger partial charge in [0.15, 0.2) is 0 Å². The Balaban J connectivity index is 1.35. The topological polar surface area (TPSA) is 145 Å². The van der Waals surface area contributed by atoms with E-state index in [4.69, 9.17) is 19.0 Å². The molecule has 242 valence electrons. The Morgan fingerprint density at radius 2 is 1.60 bits per heavy atom. The molecule has 0 aliphatic heterocycles. The monoisotopic (exact) mass is 624 g/mol. The summed E-state index contributed by atoms with van der Waals surface area (Å²) in [6, 6.07) is 3.70. The number of nitrogens with zero attached hydrogens (tertiary/aromatic N) is 2. The van der Waals surface area contributed by atoms with Gasteiger partial charge in [0, 0.05) is 32.6 Å². The number of ether oxygens (including phenoxy) is 3. The van der Waals surface area contributed by atoms with Crippen molar-refractivity contribution >= 4 is 21.4 Å². The molecule has 13 heteroatoms. The van der Waals surface area contributed by atoms with Crippen LogP contribution in [0.15, 0.2) is 34.1 Å². The van der Waals surface area contributed by atoms with E-state index in [0.29, 0.717) is 76.3 Å². The highest BCUT2D eigenvalue weighted by Gasteiger charge is 2.25. The molecule has 0 radical (unpaired) electrons. The molecule has 3 rings (SSSR count). The summed E-state index contributed by atoms with van der Waals surface area (Å²) in [4.78, 5) is 33.9. The van der Waals surface area contributed by atoms with Gasteiger partial charge in [0.25, 0.3) is 10.9 Å². The molecular weight excluding hydrogens is 576 g/mol. The summed E-state index contributed by atoms with van der Waals surface area (Å²) >= 11 is 0. The van der Waals surface area contributed by atoms with Crippen molar-refractivity contribution < 1.29 is 27.5 Å². The van der Waals surface area contributed by atoms with Gasteiger partial charge in [0.1, 0.15) is 11.4 Å². The van der Waals surface area contributed by atoms with Crippen LogP contribution in [0.1, 0.15) is 63.4 Å². The Kier molecular flexibility index (Phi) is 16.1. The number of hydrogen-bond donors (Lipinski definition) is 2. The van der Waals surface area contributed by atoms with Crippen LogP contribution in [0.5, 0.6) is 0 Å². The smallest absolute Gasteiger partial charge is 0.253 e. The van der Waals surface area contributed by atoms with E-state index >= 15 is 0 Å². The molecule has 1 fully saturated rings. The van der Waals surface area contributed by atoms with Crippen LogP contribution in [0.2, 0.25) is 0 Å². The molecule has 0 bridgehead atoms. The molecule has 43 heavy (non-hydrogen) atoms. The van der Waals surface area contributed by atoms with E-state index < -0.39 is 20.9 Å². The Bertz CT molecular complexity index is 1210. The number of rotatable bonds is 24. The van der Waals surface area contributed by atoms with Crippen LogP contribution in [0.4, 0.5) is 11.4 Å². The van der Waals surface area contributed by atoms with Crippen LogP contribution in [-0.2, 0) is 35.6 Å². The molecule has 2 N–H and O–H groups in total. The molecule has 0 saturated heterocycles. The van der Waals surface area contributed by atoms with E-state index in [9.17, 15) is 18.0 Å². The Labute approximate surface area is 255 Å². The van der Waals surface area contributed by atoms with E-state index in [1.807, 2.05) is 12.1 Å². The van der Waals surface area contributed by atoms with Crippen LogP contribution in [0.25, 0.3) is 0 Å². The first-order valence-electron chi connectivity index (χ1n) is 15.4. The molecule has 1 aliphatic rings. The number of pyridine rings is 1. The molecule has 0 atom stereocenters. The van der Waals surface area contributed by atoms with Crippen molar-refractivity contribution in [2.75, 3.05) is 76.2 Å². The lowest BCUT2D eigenvalue weighted by Crippen LogP contribution is -2.37. The fourth-order valence-electron chi connectivity index (χ4n) is 4.93. The van der Waals surface area contributed by atoms with Gasteiger partial charge in [0.2, 0.25) is 10.0 Å². The SMILES string of the molecule is COCCOCCOCCN(OCC1CCCCC1)S(=O)(=O)CCCCCCNc1c(NCc2cccnc2)c(=O)c1=O. The molecular formula is C30H48N4O8S. The van der Waals surface area contributed by atoms with Crippen molar-refractivity contribution in [3.63, 3.8) is 0 Å². The predicted molar refractivity (Wildman–Crippen MR) is 166 cm³/mol. The summed E-state index contributed by atoms with van der Waals surface area (Å²) in [6.07, 6.45) is 11.8. The summed E-state index contributed by atoms with van der Waals surface area (Å²) in [5, 5.41) is 6.08. The fraction of sp³-hybridized carbons (Fsp3) is 0.700. The highest BCUT2D eigenvalue weighted by Crippen LogP contribution is 2.24. The average Bonchev–Trinajstić information content (AvgIpc) is 3.02. The summed E-state index contributed by atoms with van der Waals surface area (Å²) < 4.78 is 43.3. The summed E-state index contributed by atoms with van der Waals surface area (Å²) in [7, 11) is -2.00. The van der Waals surface area contributed by atoms with Gasteiger partial charge >= 0.3 is 0 Å². The van der Waals surface area contributed by atoms with E-state index in [-0.39, 0.29) is 18.9 Å². The molecule has 1 aromatic heterocycles. The number of nitrogens with one attached hydrogen (secondary N) is 2. The number of hydrogen-bond acceptors (Lipinski definition) is 11. The third-order valence-corrected chi connectivity index (χ3v) is 9.16. The van der Waals surface area contributed by atoms with Gasteiger partial charge in [-0.15, -0.1) is 0 Å². The van der Waals surface area contributed by atoms with E-state index in [1.54, 1.807) is 19.5 Å². The summed E-state index contributed by atoms with van der Waals surface area (Å²) in [6.45, 7) is 3.47. The number of aromatic nitrogens is 1. The number of sulfonamides is 1. The van der Waals surface area contributed by atoms with Crippen LogP contribution in [0, 0.1) is 5.92 Å². The Morgan fingerprint density at radius 3 is 2.33 bits per heavy atom. The van der Waals surface area contributed by atoms with E-state index in [1.165, 1.54) is 6.42 Å². The third-order valence-electron chi connectivity index (χ3n) is 7.44. The van der Waals surface area contributed by atoms with Gasteiger partial charge in [-0.2, -0.15) is 0 Å². The largest absolute Gasteiger partial charge is 0.382 e. The average molecular weight is 625 g/mol. The molecule has 1 heterocycles. The van der Waals surface area contributed by atoms with Crippen LogP contribution >= 0.6 is 0 Å². The minimum absolute atomic E-state index is 0.00816. The second-order valence-electron chi connectivity index (χ2n) is 10.8. The zero-order chi connectivity index (χ0) is 30.8. The third kappa shape index (κ3) is 12.6. The maximum absolute atomic E-state index is 13.1. The maximum Gasteiger partial charge on any atom is 0.253 e. The first kappa shape index (κ1) is 35.1. The molecule has 0 amide bonds. The first-order chi connectivity index (χ1) is 20.9. The van der Waals surface area contributed by atoms with Gasteiger partial charge in [-0.05, 0) is 43.2 Å². The quantitative estimate of drug-likeness (QED) is 0.101. The van der Waals surface area contributed by atoms with Gasteiger partial charge < -0.3 is 24.8 Å². The molecule has 2 aromatic rings. The minimum atomic E-state index is -3.61. The van der Waals surface area contributed by atoms with Crippen molar-refractivity contribution in [3.8, 4) is 0 Å². The van der Waals surface area contributed by atoms with Gasteiger partial charge in [0.05, 0.1) is 51.9 Å². The lowest BCUT2D eigenvalue weighted by molar-refractivity contribution is -0.112. The highest BCUT2D eigenvalue weighted by molar-refractivity contribution is 7.88. The lowest BCUT2D eigenvalue weighted by Gasteiger charge is -2.26. The van der Waals surface area contributed by atoms with Crippen molar-refractivity contribution in [2.24, 2.45) is 5.92 Å². The number of methoxy groups -OCH3 is 1. The molecule has 1 aliphatic carbocycles. The van der Waals surface area contributed by atoms with Gasteiger partial charge in [-0.25, -0.2) is 8.42 Å². The number of anilines is 2. The zero-order valence-corrected chi connectivity index (χ0v) is 26.2. The van der Waals surface area contributed by atoms with Gasteiger partial charge in [-0.1, -0.05) is 42.6 Å². The van der Waals surface area contributed by atoms with E-state index in [0.717, 1.165) is 48.6 Å². The summed E-state index contributed by atoms with van der Waals surface area (Å²) in [5.74, 6) is 0.374. The van der Waals surface area contributed by atoms with Crippen LogP contribution in [0.3, 0.4) is 0 Å². The van der Waals surface area contributed by atoms with Crippen molar-refractivity contribution in [1.82, 2.24) is 9.45 Å². The predicted octanol–water partition coefficient (Wildman–Crippen LogP) is 3.09. The first-order valence-corrected chi connectivity index (χ1v) is 17.0. The molecule has 12 nitrogen and oxygen atoms in total. The van der Waals surface area contributed by atoms with Gasteiger partial charge in [-0.3, -0.25) is 19.4 Å². The Morgan fingerprint density at radius 1 is 0.907 bits per heavy atom. The van der Waals surface area contributed by atoms with Crippen molar-refractivity contribution in [1.29, 1.82) is 0 Å². The molecule has 1 aromatic carbocycles.